The van der Waals surface area contributed by atoms with Crippen LogP contribution in [0.5, 0.6) is 0 Å². The Morgan fingerprint density at radius 3 is 2.74 bits per heavy atom. The van der Waals surface area contributed by atoms with Gasteiger partial charge in [-0.2, -0.15) is 5.10 Å². The molecule has 1 fully saturated rings. The lowest BCUT2D eigenvalue weighted by Gasteiger charge is -2.24. The summed E-state index contributed by atoms with van der Waals surface area (Å²) in [5, 5.41) is 8.66. The van der Waals surface area contributed by atoms with Crippen LogP contribution in [-0.2, 0) is 18.3 Å². The Morgan fingerprint density at radius 2 is 2.04 bits per heavy atom. The van der Waals surface area contributed by atoms with Crippen molar-refractivity contribution in [3.05, 3.63) is 59.0 Å². The van der Waals surface area contributed by atoms with E-state index in [4.69, 9.17) is 4.52 Å². The molecular formula is C21H24N4O2. The molecule has 140 valence electrons. The molecule has 3 aromatic rings. The third-order valence-electron chi connectivity index (χ3n) is 5.12. The van der Waals surface area contributed by atoms with Gasteiger partial charge in [0.2, 0.25) is 5.91 Å². The standard InChI is InChI=1S/C21H24N4O2/c1-14-6-8-16(9-7-14)12-20(26)25-10-4-5-18(25)21-17(13-24(3)22-21)19-11-15(2)23-27-19/h6-9,11,13,18H,4-5,10,12H2,1-3H3/t18-/m0/s1. The van der Waals surface area contributed by atoms with Gasteiger partial charge in [0.25, 0.3) is 0 Å². The Labute approximate surface area is 158 Å². The van der Waals surface area contributed by atoms with Crippen LogP contribution >= 0.6 is 0 Å². The van der Waals surface area contributed by atoms with E-state index >= 15 is 0 Å². The maximum atomic E-state index is 13.0. The van der Waals surface area contributed by atoms with Gasteiger partial charge in [0.1, 0.15) is 0 Å². The quantitative estimate of drug-likeness (QED) is 0.710. The van der Waals surface area contributed by atoms with Gasteiger partial charge in [0.05, 0.1) is 29.4 Å². The monoisotopic (exact) mass is 364 g/mol. The summed E-state index contributed by atoms with van der Waals surface area (Å²) in [7, 11) is 1.89. The van der Waals surface area contributed by atoms with Gasteiger partial charge in [-0.1, -0.05) is 35.0 Å². The van der Waals surface area contributed by atoms with Crippen molar-refractivity contribution in [2.75, 3.05) is 6.54 Å². The summed E-state index contributed by atoms with van der Waals surface area (Å²) in [6.45, 7) is 4.72. The minimum absolute atomic E-state index is 0.0236. The summed E-state index contributed by atoms with van der Waals surface area (Å²) in [5.74, 6) is 0.847. The number of aromatic nitrogens is 3. The van der Waals surface area contributed by atoms with Crippen LogP contribution in [0, 0.1) is 13.8 Å². The van der Waals surface area contributed by atoms with E-state index < -0.39 is 0 Å². The first-order chi connectivity index (χ1) is 13.0. The third-order valence-corrected chi connectivity index (χ3v) is 5.12. The first-order valence-electron chi connectivity index (χ1n) is 9.33. The lowest BCUT2D eigenvalue weighted by atomic mass is 10.0. The number of rotatable bonds is 4. The van der Waals surface area contributed by atoms with Crippen molar-refractivity contribution in [2.45, 2.75) is 39.2 Å². The van der Waals surface area contributed by atoms with E-state index in [1.54, 1.807) is 4.68 Å². The molecule has 0 bridgehead atoms. The number of hydrogen-bond acceptors (Lipinski definition) is 4. The smallest absolute Gasteiger partial charge is 0.227 e. The fraction of sp³-hybridized carbons (Fsp3) is 0.381. The Morgan fingerprint density at radius 1 is 1.26 bits per heavy atom. The molecule has 3 heterocycles. The molecule has 4 rings (SSSR count). The molecule has 1 amide bonds. The minimum Gasteiger partial charge on any atom is -0.356 e. The molecule has 1 aliphatic heterocycles. The number of likely N-dealkylation sites (tertiary alicyclic amines) is 1. The molecule has 0 spiro atoms. The van der Waals surface area contributed by atoms with Crippen LogP contribution in [0.2, 0.25) is 0 Å². The molecule has 6 nitrogen and oxygen atoms in total. The van der Waals surface area contributed by atoms with Crippen LogP contribution < -0.4 is 0 Å². The van der Waals surface area contributed by atoms with E-state index in [1.807, 2.05) is 55.4 Å². The van der Waals surface area contributed by atoms with Crippen LogP contribution in [-0.4, -0.2) is 32.3 Å². The summed E-state index contributed by atoms with van der Waals surface area (Å²) >= 11 is 0. The minimum atomic E-state index is -0.0236. The highest BCUT2D eigenvalue weighted by Gasteiger charge is 2.34. The SMILES string of the molecule is Cc1ccc(CC(=O)N2CCC[C@H]2c2nn(C)cc2-c2cc(C)no2)cc1. The topological polar surface area (TPSA) is 64.2 Å². The van der Waals surface area contributed by atoms with Crippen LogP contribution in [0.4, 0.5) is 0 Å². The Balaban J connectivity index is 1.60. The number of carbonyl (C=O) groups is 1. The van der Waals surface area contributed by atoms with Crippen molar-refractivity contribution in [1.29, 1.82) is 0 Å². The fourth-order valence-corrected chi connectivity index (χ4v) is 3.76. The molecule has 0 saturated carbocycles. The lowest BCUT2D eigenvalue weighted by Crippen LogP contribution is -2.32. The molecule has 1 aliphatic rings. The van der Waals surface area contributed by atoms with E-state index in [0.29, 0.717) is 12.2 Å². The second-order valence-electron chi connectivity index (χ2n) is 7.34. The number of aryl methyl sites for hydroxylation is 3. The Hall–Kier alpha value is -2.89. The summed E-state index contributed by atoms with van der Waals surface area (Å²) in [5.41, 5.74) is 4.88. The molecule has 0 unspecified atom stereocenters. The Bertz CT molecular complexity index is 955. The zero-order chi connectivity index (χ0) is 19.0. The second-order valence-corrected chi connectivity index (χ2v) is 7.34. The summed E-state index contributed by atoms with van der Waals surface area (Å²) in [6.07, 6.45) is 4.25. The molecule has 27 heavy (non-hydrogen) atoms. The van der Waals surface area contributed by atoms with Crippen molar-refractivity contribution in [3.8, 4) is 11.3 Å². The average molecular weight is 364 g/mol. The van der Waals surface area contributed by atoms with Crippen LogP contribution in [0.3, 0.4) is 0 Å². The molecule has 0 aliphatic carbocycles. The zero-order valence-corrected chi connectivity index (χ0v) is 16.0. The second kappa shape index (κ2) is 7.02. The molecule has 1 atom stereocenters. The lowest BCUT2D eigenvalue weighted by molar-refractivity contribution is -0.131. The van der Waals surface area contributed by atoms with Crippen molar-refractivity contribution in [1.82, 2.24) is 19.8 Å². The van der Waals surface area contributed by atoms with Crippen molar-refractivity contribution in [3.63, 3.8) is 0 Å². The van der Waals surface area contributed by atoms with Gasteiger partial charge < -0.3 is 9.42 Å². The van der Waals surface area contributed by atoms with E-state index in [2.05, 4.69) is 17.2 Å². The first-order valence-corrected chi connectivity index (χ1v) is 9.33. The van der Waals surface area contributed by atoms with Gasteiger partial charge in [-0.25, -0.2) is 0 Å². The number of benzene rings is 1. The third kappa shape index (κ3) is 3.52. The summed E-state index contributed by atoms with van der Waals surface area (Å²) < 4.78 is 7.24. The number of amides is 1. The van der Waals surface area contributed by atoms with Gasteiger partial charge in [0.15, 0.2) is 5.76 Å². The number of carbonyl (C=O) groups excluding carboxylic acids is 1. The summed E-state index contributed by atoms with van der Waals surface area (Å²) in [6, 6.07) is 10.0. The molecule has 1 aromatic carbocycles. The summed E-state index contributed by atoms with van der Waals surface area (Å²) in [4.78, 5) is 15.0. The predicted octanol–water partition coefficient (Wildman–Crippen LogP) is 3.60. The molecule has 1 saturated heterocycles. The fourth-order valence-electron chi connectivity index (χ4n) is 3.76. The van der Waals surface area contributed by atoms with Crippen LogP contribution in [0.1, 0.15) is 41.4 Å². The van der Waals surface area contributed by atoms with Gasteiger partial charge in [-0.05, 0) is 32.3 Å². The van der Waals surface area contributed by atoms with E-state index in [1.165, 1.54) is 5.56 Å². The first kappa shape index (κ1) is 17.5. The van der Waals surface area contributed by atoms with Gasteiger partial charge in [0, 0.05) is 25.9 Å². The molecule has 0 radical (unpaired) electrons. The highest BCUT2D eigenvalue weighted by molar-refractivity contribution is 5.80. The number of hydrogen-bond donors (Lipinski definition) is 0. The molecule has 2 aromatic heterocycles. The number of nitrogens with zero attached hydrogens (tertiary/aromatic N) is 4. The average Bonchev–Trinajstić information content (AvgIpc) is 3.35. The predicted molar refractivity (Wildman–Crippen MR) is 102 cm³/mol. The van der Waals surface area contributed by atoms with Gasteiger partial charge in [-0.3, -0.25) is 9.48 Å². The molecular weight excluding hydrogens is 340 g/mol. The van der Waals surface area contributed by atoms with E-state index in [0.717, 1.165) is 41.9 Å². The van der Waals surface area contributed by atoms with Crippen molar-refractivity contribution in [2.24, 2.45) is 7.05 Å². The van der Waals surface area contributed by atoms with Gasteiger partial charge in [-0.15, -0.1) is 0 Å². The Kier molecular flexibility index (Phi) is 4.56. The highest BCUT2D eigenvalue weighted by Crippen LogP contribution is 2.37. The van der Waals surface area contributed by atoms with E-state index in [9.17, 15) is 4.79 Å². The largest absolute Gasteiger partial charge is 0.356 e. The maximum absolute atomic E-state index is 13.0. The molecule has 6 heteroatoms. The highest BCUT2D eigenvalue weighted by atomic mass is 16.5. The van der Waals surface area contributed by atoms with Crippen LogP contribution in [0.25, 0.3) is 11.3 Å². The van der Waals surface area contributed by atoms with E-state index in [-0.39, 0.29) is 11.9 Å². The zero-order valence-electron chi connectivity index (χ0n) is 16.0. The van der Waals surface area contributed by atoms with Crippen molar-refractivity contribution < 1.29 is 9.32 Å². The molecule has 0 N–H and O–H groups in total. The maximum Gasteiger partial charge on any atom is 0.227 e. The van der Waals surface area contributed by atoms with Gasteiger partial charge >= 0.3 is 0 Å². The van der Waals surface area contributed by atoms with Crippen LogP contribution in [0.15, 0.2) is 41.1 Å². The van der Waals surface area contributed by atoms with Crippen molar-refractivity contribution >= 4 is 5.91 Å². The normalized spacial score (nSPS) is 16.9.